The lowest BCUT2D eigenvalue weighted by atomic mass is 10.0. The van der Waals surface area contributed by atoms with Gasteiger partial charge in [-0.25, -0.2) is 4.79 Å². The maximum Gasteiger partial charge on any atom is 0.340 e. The third-order valence-corrected chi connectivity index (χ3v) is 5.69. The van der Waals surface area contributed by atoms with Crippen molar-refractivity contribution in [2.45, 2.75) is 47.6 Å². The van der Waals surface area contributed by atoms with Crippen LogP contribution in [-0.2, 0) is 14.3 Å². The SMILES string of the molecule is COC(=O)C1=C(C)N(C(C)C)C(=O)/C1=C\c1cc(C)n(-c2cc(C)ccc2OC)c1C. The van der Waals surface area contributed by atoms with Crippen molar-refractivity contribution >= 4 is 18.0 Å². The van der Waals surface area contributed by atoms with Crippen molar-refractivity contribution in [1.29, 1.82) is 0 Å². The van der Waals surface area contributed by atoms with Crippen LogP contribution in [0.25, 0.3) is 11.8 Å². The number of aryl methyl sites for hydroxylation is 2. The number of allylic oxidation sites excluding steroid dienone is 1. The number of hydrogen-bond donors (Lipinski definition) is 0. The zero-order chi connectivity index (χ0) is 23.0. The second-order valence-electron chi connectivity index (χ2n) is 8.12. The molecule has 3 rings (SSSR count). The molecule has 31 heavy (non-hydrogen) atoms. The number of esters is 1. The molecule has 0 spiro atoms. The molecule has 1 aliphatic rings. The van der Waals surface area contributed by atoms with Gasteiger partial charge in [-0.05, 0) is 76.9 Å². The Labute approximate surface area is 183 Å². The van der Waals surface area contributed by atoms with E-state index < -0.39 is 5.97 Å². The number of nitrogens with zero attached hydrogens (tertiary/aromatic N) is 2. The monoisotopic (exact) mass is 422 g/mol. The molecule has 0 unspecified atom stereocenters. The molecular weight excluding hydrogens is 392 g/mol. The highest BCUT2D eigenvalue weighted by Crippen LogP contribution is 2.35. The molecule has 0 N–H and O–H groups in total. The summed E-state index contributed by atoms with van der Waals surface area (Å²) in [6.45, 7) is 11.7. The number of amides is 1. The standard InChI is InChI=1S/C25H30N2O4/c1-14(2)26-18(6)23(25(29)31-8)20(24(26)28)13-19-12-16(4)27(17(19)5)21-11-15(3)9-10-22(21)30-7/h9-14H,1-8H3/b20-13-. The lowest BCUT2D eigenvalue weighted by Gasteiger charge is -2.22. The Morgan fingerprint density at radius 2 is 1.74 bits per heavy atom. The number of carbonyl (C=O) groups is 2. The van der Waals surface area contributed by atoms with Gasteiger partial charge in [0, 0.05) is 23.1 Å². The molecule has 0 saturated carbocycles. The molecule has 2 aromatic rings. The second-order valence-corrected chi connectivity index (χ2v) is 8.12. The maximum atomic E-state index is 13.2. The summed E-state index contributed by atoms with van der Waals surface area (Å²) in [5, 5.41) is 0. The van der Waals surface area contributed by atoms with Crippen LogP contribution in [0.4, 0.5) is 0 Å². The summed E-state index contributed by atoms with van der Waals surface area (Å²) >= 11 is 0. The maximum absolute atomic E-state index is 13.2. The Hall–Kier alpha value is -3.28. The molecule has 0 atom stereocenters. The van der Waals surface area contributed by atoms with E-state index in [0.717, 1.165) is 34.0 Å². The minimum absolute atomic E-state index is 0.0676. The summed E-state index contributed by atoms with van der Waals surface area (Å²) in [4.78, 5) is 27.3. The third-order valence-electron chi connectivity index (χ3n) is 5.69. The van der Waals surface area contributed by atoms with Gasteiger partial charge in [0.25, 0.3) is 5.91 Å². The van der Waals surface area contributed by atoms with E-state index in [-0.39, 0.29) is 11.9 Å². The molecule has 0 aliphatic carbocycles. The Kier molecular flexibility index (Phi) is 6.11. The van der Waals surface area contributed by atoms with Crippen LogP contribution in [0.3, 0.4) is 0 Å². The zero-order valence-corrected chi connectivity index (χ0v) is 19.5. The third kappa shape index (κ3) is 3.78. The van der Waals surface area contributed by atoms with Crippen molar-refractivity contribution in [3.05, 3.63) is 63.6 Å². The van der Waals surface area contributed by atoms with Gasteiger partial charge in [0.05, 0.1) is 31.1 Å². The van der Waals surface area contributed by atoms with Crippen LogP contribution in [0.1, 0.15) is 43.3 Å². The molecule has 6 nitrogen and oxygen atoms in total. The van der Waals surface area contributed by atoms with Gasteiger partial charge in [-0.1, -0.05) is 6.07 Å². The van der Waals surface area contributed by atoms with E-state index >= 15 is 0 Å². The van der Waals surface area contributed by atoms with Crippen LogP contribution in [0, 0.1) is 20.8 Å². The van der Waals surface area contributed by atoms with Crippen molar-refractivity contribution in [2.24, 2.45) is 0 Å². The summed E-state index contributed by atoms with van der Waals surface area (Å²) < 4.78 is 12.7. The van der Waals surface area contributed by atoms with Gasteiger partial charge >= 0.3 is 5.97 Å². The highest BCUT2D eigenvalue weighted by Gasteiger charge is 2.38. The minimum Gasteiger partial charge on any atom is -0.495 e. The van der Waals surface area contributed by atoms with Crippen LogP contribution in [0.15, 0.2) is 41.1 Å². The quantitative estimate of drug-likeness (QED) is 0.526. The predicted molar refractivity (Wildman–Crippen MR) is 121 cm³/mol. The lowest BCUT2D eigenvalue weighted by molar-refractivity contribution is -0.136. The average Bonchev–Trinajstić information content (AvgIpc) is 3.13. The summed E-state index contributed by atoms with van der Waals surface area (Å²) in [6.07, 6.45) is 1.79. The van der Waals surface area contributed by atoms with E-state index in [2.05, 4.69) is 10.6 Å². The molecule has 0 radical (unpaired) electrons. The van der Waals surface area contributed by atoms with E-state index in [0.29, 0.717) is 16.8 Å². The van der Waals surface area contributed by atoms with Crippen molar-refractivity contribution in [2.75, 3.05) is 14.2 Å². The molecule has 0 bridgehead atoms. The largest absolute Gasteiger partial charge is 0.495 e. The van der Waals surface area contributed by atoms with Crippen molar-refractivity contribution < 1.29 is 19.1 Å². The van der Waals surface area contributed by atoms with Gasteiger partial charge in [0.1, 0.15) is 5.75 Å². The molecule has 0 fully saturated rings. The Morgan fingerprint density at radius 1 is 1.06 bits per heavy atom. The van der Waals surface area contributed by atoms with E-state index in [9.17, 15) is 9.59 Å². The van der Waals surface area contributed by atoms with Crippen molar-refractivity contribution in [3.8, 4) is 11.4 Å². The molecule has 0 saturated heterocycles. The van der Waals surface area contributed by atoms with Crippen LogP contribution < -0.4 is 4.74 Å². The van der Waals surface area contributed by atoms with Crippen molar-refractivity contribution in [1.82, 2.24) is 9.47 Å². The van der Waals surface area contributed by atoms with Gasteiger partial charge in [-0.2, -0.15) is 0 Å². The van der Waals surface area contributed by atoms with Gasteiger partial charge in [0.15, 0.2) is 0 Å². The zero-order valence-electron chi connectivity index (χ0n) is 19.5. The molecule has 1 aliphatic heterocycles. The summed E-state index contributed by atoms with van der Waals surface area (Å²) in [6, 6.07) is 7.97. The smallest absolute Gasteiger partial charge is 0.340 e. The van der Waals surface area contributed by atoms with Gasteiger partial charge in [-0.15, -0.1) is 0 Å². The highest BCUT2D eigenvalue weighted by molar-refractivity contribution is 6.16. The average molecular weight is 423 g/mol. The van der Waals surface area contributed by atoms with Crippen molar-refractivity contribution in [3.63, 3.8) is 0 Å². The van der Waals surface area contributed by atoms with Crippen LogP contribution in [0.5, 0.6) is 5.75 Å². The lowest BCUT2D eigenvalue weighted by Crippen LogP contribution is -2.31. The number of ether oxygens (including phenoxy) is 2. The first-order valence-electron chi connectivity index (χ1n) is 10.3. The second kappa shape index (κ2) is 8.46. The first kappa shape index (κ1) is 22.4. The first-order chi connectivity index (χ1) is 14.6. The van der Waals surface area contributed by atoms with Crippen LogP contribution in [0.2, 0.25) is 0 Å². The summed E-state index contributed by atoms with van der Waals surface area (Å²) in [5.41, 5.74) is 6.16. The summed E-state index contributed by atoms with van der Waals surface area (Å²) in [7, 11) is 2.98. The Bertz CT molecular complexity index is 1120. The minimum atomic E-state index is -0.505. The number of methoxy groups -OCH3 is 2. The summed E-state index contributed by atoms with van der Waals surface area (Å²) in [5.74, 6) is 0.0702. The number of aromatic nitrogens is 1. The van der Waals surface area contributed by atoms with Gasteiger partial charge in [0.2, 0.25) is 0 Å². The van der Waals surface area contributed by atoms with E-state index in [1.54, 1.807) is 25.0 Å². The number of carbonyl (C=O) groups excluding carboxylic acids is 2. The molecule has 1 aromatic carbocycles. The van der Waals surface area contributed by atoms with Crippen LogP contribution >= 0.6 is 0 Å². The van der Waals surface area contributed by atoms with E-state index in [1.807, 2.05) is 52.8 Å². The van der Waals surface area contributed by atoms with Gasteiger partial charge < -0.3 is 18.9 Å². The number of rotatable bonds is 5. The number of benzene rings is 1. The Morgan fingerprint density at radius 3 is 2.32 bits per heavy atom. The molecule has 1 aromatic heterocycles. The Balaban J connectivity index is 2.19. The fourth-order valence-electron chi connectivity index (χ4n) is 4.25. The fraction of sp³-hybridized carbons (Fsp3) is 0.360. The molecular formula is C25H30N2O4. The molecule has 6 heteroatoms. The normalized spacial score (nSPS) is 15.5. The highest BCUT2D eigenvalue weighted by atomic mass is 16.5. The fourth-order valence-corrected chi connectivity index (χ4v) is 4.25. The molecule has 2 heterocycles. The van der Waals surface area contributed by atoms with E-state index in [4.69, 9.17) is 9.47 Å². The van der Waals surface area contributed by atoms with Crippen LogP contribution in [-0.4, -0.2) is 41.6 Å². The van der Waals surface area contributed by atoms with E-state index in [1.165, 1.54) is 7.11 Å². The molecule has 1 amide bonds. The molecule has 164 valence electrons. The predicted octanol–water partition coefficient (Wildman–Crippen LogP) is 4.49. The number of hydrogen-bond acceptors (Lipinski definition) is 4. The van der Waals surface area contributed by atoms with Gasteiger partial charge in [-0.3, -0.25) is 4.79 Å². The topological polar surface area (TPSA) is 60.8 Å². The first-order valence-corrected chi connectivity index (χ1v) is 10.3.